The van der Waals surface area contributed by atoms with Crippen LogP contribution in [0.15, 0.2) is 135 Å². The lowest BCUT2D eigenvalue weighted by atomic mass is 10.3. The van der Waals surface area contributed by atoms with Crippen LogP contribution in [-0.2, 0) is 28.2 Å². The van der Waals surface area contributed by atoms with Crippen molar-refractivity contribution in [1.29, 1.82) is 0 Å². The highest BCUT2D eigenvalue weighted by atomic mass is 127. The van der Waals surface area contributed by atoms with Crippen LogP contribution in [0.4, 0.5) is 29.2 Å². The molecule has 3 N–H and O–H groups in total. The van der Waals surface area contributed by atoms with E-state index in [0.717, 1.165) is 54.8 Å². The van der Waals surface area contributed by atoms with Crippen LogP contribution < -0.4 is 55.6 Å². The van der Waals surface area contributed by atoms with Crippen LogP contribution in [0.5, 0.6) is 0 Å². The topological polar surface area (TPSA) is 220 Å². The molecule has 0 aliphatic heterocycles. The summed E-state index contributed by atoms with van der Waals surface area (Å²) in [6, 6.07) is 22.1. The summed E-state index contributed by atoms with van der Waals surface area (Å²) in [6.45, 7) is 0. The average molecular weight is 1540 g/mol. The molecule has 76 heavy (non-hydrogen) atoms. The second-order valence-corrected chi connectivity index (χ2v) is 20.7. The molecule has 29 heteroatoms. The normalized spacial score (nSPS) is 10.4. The van der Waals surface area contributed by atoms with Gasteiger partial charge in [-0.05, 0) is 163 Å². The highest BCUT2D eigenvalue weighted by molar-refractivity contribution is 14.1. The lowest BCUT2D eigenvalue weighted by molar-refractivity contribution is 0.399. The highest BCUT2D eigenvalue weighted by Gasteiger charge is 2.17. The van der Waals surface area contributed by atoms with Crippen molar-refractivity contribution in [3.8, 4) is 22.7 Å². The van der Waals surface area contributed by atoms with Crippen LogP contribution in [0.2, 0.25) is 10.3 Å². The third kappa shape index (κ3) is 14.5. The zero-order chi connectivity index (χ0) is 57.2. The van der Waals surface area contributed by atoms with Crippen molar-refractivity contribution in [3.63, 3.8) is 0 Å². The minimum Gasteiger partial charge on any atom is -0.400 e. The SMILES string of the molecule is CNc1cc(=O)n(-c2ccc(I)cc2F)c(=O)n1C.CNc1cc(=O)n(C)c(=O)n1-c1ccc(I)cc1F.CO.Cn1c(=O)cc(Cl)n(-c2ccc(I)cc2F)c1=O.Cn1c(Cl)cc(=O)n(-c2ccc(I)cc2F)c1=O. The van der Waals surface area contributed by atoms with Crippen molar-refractivity contribution in [1.82, 2.24) is 36.5 Å². The van der Waals surface area contributed by atoms with Crippen LogP contribution in [0.25, 0.3) is 22.7 Å². The Labute approximate surface area is 490 Å². The van der Waals surface area contributed by atoms with Crippen LogP contribution in [0.1, 0.15) is 0 Å². The molecule has 0 amide bonds. The van der Waals surface area contributed by atoms with Crippen LogP contribution in [0, 0.1) is 37.5 Å². The van der Waals surface area contributed by atoms with Gasteiger partial charge < -0.3 is 15.7 Å². The van der Waals surface area contributed by atoms with Gasteiger partial charge in [0, 0.05) is 87.9 Å². The van der Waals surface area contributed by atoms with Gasteiger partial charge in [0.05, 0.1) is 22.7 Å². The molecule has 0 saturated heterocycles. The molecular formula is C47H40Cl2F4I4N10O9. The number of rotatable bonds is 6. The molecule has 8 rings (SSSR count). The van der Waals surface area contributed by atoms with Gasteiger partial charge in [-0.25, -0.2) is 55.0 Å². The number of halogens is 10. The van der Waals surface area contributed by atoms with Gasteiger partial charge in [0.15, 0.2) is 0 Å². The molecule has 0 saturated carbocycles. The summed E-state index contributed by atoms with van der Waals surface area (Å²) in [5.74, 6) is -1.73. The van der Waals surface area contributed by atoms with Crippen molar-refractivity contribution in [2.45, 2.75) is 0 Å². The molecule has 4 heterocycles. The summed E-state index contributed by atoms with van der Waals surface area (Å²) in [7, 11) is 9.74. The number of anilines is 2. The molecule has 0 bridgehead atoms. The maximum absolute atomic E-state index is 14.0. The first kappa shape index (κ1) is 62.9. The monoisotopic (exact) mass is 1540 g/mol. The number of aliphatic hydroxyl groups excluding tert-OH is 1. The van der Waals surface area contributed by atoms with Crippen molar-refractivity contribution >= 4 is 125 Å². The molecule has 4 aromatic carbocycles. The zero-order valence-electron chi connectivity index (χ0n) is 40.3. The maximum atomic E-state index is 14.0. The number of nitrogens with zero attached hydrogens (tertiary/aromatic N) is 8. The van der Waals surface area contributed by atoms with Gasteiger partial charge in [-0.15, -0.1) is 0 Å². The lowest BCUT2D eigenvalue weighted by Gasteiger charge is -2.14. The smallest absolute Gasteiger partial charge is 0.337 e. The Hall–Kier alpha value is -5.62. The molecule has 402 valence electrons. The molecule has 19 nitrogen and oxygen atoms in total. The maximum Gasteiger partial charge on any atom is 0.337 e. The van der Waals surface area contributed by atoms with E-state index in [1.165, 1.54) is 93.4 Å². The van der Waals surface area contributed by atoms with Gasteiger partial charge >= 0.3 is 22.8 Å². The third-order valence-corrected chi connectivity index (χ3v) is 13.6. The lowest BCUT2D eigenvalue weighted by Crippen LogP contribution is -2.38. The minimum absolute atomic E-state index is 0.00664. The standard InChI is InChI=1S/2C12H11FIN3O2.2C11H7ClFIN2O2.CH4O/c1-15-10-6-11(18)16(2)12(19)17(10)9-4-3-7(14)5-8(9)13;1-15-10-6-11(18)17(12(19)16(10)2)9-4-3-7(14)5-8(9)13;1-15-10(17)5-9(12)16(11(15)18)8-3-2-6(14)4-7(8)13;1-15-9(12)5-10(17)16(11(15)18)8-3-2-6(14)4-7(8)13;1-2/h2*3-6,15H,1-2H3;2*2-5H,1H3;2H,1H3. The summed E-state index contributed by atoms with van der Waals surface area (Å²) in [4.78, 5) is 94.7. The molecule has 0 atom stereocenters. The molecule has 0 unspecified atom stereocenters. The third-order valence-electron chi connectivity index (χ3n) is 10.3. The number of aromatic nitrogens is 8. The van der Waals surface area contributed by atoms with Gasteiger partial charge in [0.2, 0.25) is 0 Å². The fourth-order valence-corrected chi connectivity index (χ4v) is 8.65. The Kier molecular flexibility index (Phi) is 22.9. The quantitative estimate of drug-likeness (QED) is 0.0979. The summed E-state index contributed by atoms with van der Waals surface area (Å²) >= 11 is 19.4. The number of hydrogen-bond acceptors (Lipinski definition) is 11. The van der Waals surface area contributed by atoms with Gasteiger partial charge in [-0.2, -0.15) is 0 Å². The van der Waals surface area contributed by atoms with E-state index < -0.39 is 68.3 Å². The Morgan fingerprint density at radius 3 is 1.05 bits per heavy atom. The van der Waals surface area contributed by atoms with E-state index in [9.17, 15) is 55.9 Å². The first-order valence-electron chi connectivity index (χ1n) is 21.0. The summed E-state index contributed by atoms with van der Waals surface area (Å²) in [6.07, 6.45) is 0. The number of aliphatic hydroxyl groups is 1. The molecule has 8 aromatic rings. The minimum atomic E-state index is -0.687. The molecule has 0 radical (unpaired) electrons. The van der Waals surface area contributed by atoms with Gasteiger partial charge in [0.1, 0.15) is 45.2 Å². The summed E-state index contributed by atoms with van der Waals surface area (Å²) in [5, 5.41) is 12.3. The van der Waals surface area contributed by atoms with Crippen LogP contribution in [-0.4, -0.2) is 62.8 Å². The molecule has 4 aromatic heterocycles. The van der Waals surface area contributed by atoms with E-state index in [1.807, 2.05) is 90.4 Å². The highest BCUT2D eigenvalue weighted by Crippen LogP contribution is 2.20. The fraction of sp³-hybridized carbons (Fsp3) is 0.149. The molecular weight excluding hydrogens is 1500 g/mol. The second kappa shape index (κ2) is 27.6. The summed E-state index contributed by atoms with van der Waals surface area (Å²) < 4.78 is 66.0. The van der Waals surface area contributed by atoms with E-state index in [2.05, 4.69) is 10.6 Å². The van der Waals surface area contributed by atoms with Gasteiger partial charge in [0.25, 0.3) is 22.2 Å². The molecule has 0 spiro atoms. The fourth-order valence-electron chi connectivity index (χ4n) is 6.42. The Balaban J connectivity index is 0.000000217. The second-order valence-electron chi connectivity index (χ2n) is 14.9. The molecule has 0 aliphatic rings. The van der Waals surface area contributed by atoms with Crippen molar-refractivity contribution in [2.75, 3.05) is 31.8 Å². The number of benzene rings is 4. The first-order valence-corrected chi connectivity index (χ1v) is 26.1. The Morgan fingerprint density at radius 2 is 0.671 bits per heavy atom. The van der Waals surface area contributed by atoms with E-state index in [-0.39, 0.29) is 38.9 Å². The zero-order valence-corrected chi connectivity index (χ0v) is 50.5. The summed E-state index contributed by atoms with van der Waals surface area (Å²) in [5.41, 5.74) is -4.81. The first-order chi connectivity index (χ1) is 35.7. The Morgan fingerprint density at radius 1 is 0.382 bits per heavy atom. The van der Waals surface area contributed by atoms with E-state index >= 15 is 0 Å². The van der Waals surface area contributed by atoms with Crippen molar-refractivity contribution in [3.05, 3.63) is 228 Å². The predicted octanol–water partition coefficient (Wildman–Crippen LogP) is 6.12. The van der Waals surface area contributed by atoms with E-state index in [1.54, 1.807) is 38.4 Å². The Bertz CT molecular complexity index is 4010. The molecule has 0 fully saturated rings. The van der Waals surface area contributed by atoms with E-state index in [0.29, 0.717) is 16.5 Å². The van der Waals surface area contributed by atoms with Crippen molar-refractivity contribution < 1.29 is 22.7 Å². The van der Waals surface area contributed by atoms with Gasteiger partial charge in [-0.1, -0.05) is 23.2 Å². The van der Waals surface area contributed by atoms with E-state index in [4.69, 9.17) is 28.3 Å². The number of nitrogens with one attached hydrogen (secondary N) is 2. The van der Waals surface area contributed by atoms with Crippen molar-refractivity contribution in [2.24, 2.45) is 28.2 Å². The van der Waals surface area contributed by atoms with Gasteiger partial charge in [-0.3, -0.25) is 37.4 Å². The number of hydrogen-bond donors (Lipinski definition) is 3. The average Bonchev–Trinajstić information content (AvgIpc) is 3.36. The largest absolute Gasteiger partial charge is 0.400 e. The predicted molar refractivity (Wildman–Crippen MR) is 317 cm³/mol. The van der Waals surface area contributed by atoms with Crippen LogP contribution in [0.3, 0.4) is 0 Å². The van der Waals surface area contributed by atoms with Crippen LogP contribution >= 0.6 is 114 Å². The molecule has 0 aliphatic carbocycles.